The van der Waals surface area contributed by atoms with Crippen LogP contribution in [0.5, 0.6) is 5.75 Å². The van der Waals surface area contributed by atoms with Crippen LogP contribution >= 0.6 is 0 Å². The largest absolute Gasteiger partial charge is 0.488 e. The Morgan fingerprint density at radius 1 is 1.27 bits per heavy atom. The summed E-state index contributed by atoms with van der Waals surface area (Å²) in [4.78, 5) is 21.7. The van der Waals surface area contributed by atoms with E-state index in [-0.39, 0.29) is 5.60 Å². The van der Waals surface area contributed by atoms with Crippen LogP contribution in [-0.2, 0) is 11.2 Å². The van der Waals surface area contributed by atoms with Gasteiger partial charge in [-0.1, -0.05) is 12.1 Å². The normalized spacial score (nSPS) is 12.5. The lowest BCUT2D eigenvalue weighted by Crippen LogP contribution is -2.43. The van der Waals surface area contributed by atoms with Crippen molar-refractivity contribution in [1.82, 2.24) is 5.32 Å². The fraction of sp³-hybridized carbons (Fsp3) is 0.500. The van der Waals surface area contributed by atoms with Gasteiger partial charge in [0.15, 0.2) is 0 Å². The smallest absolute Gasteiger partial charge is 0.405 e. The highest BCUT2D eigenvalue weighted by Gasteiger charge is 2.17. The molecule has 1 atom stereocenters. The van der Waals surface area contributed by atoms with E-state index in [1.165, 1.54) is 0 Å². The van der Waals surface area contributed by atoms with Crippen molar-refractivity contribution in [2.24, 2.45) is 5.73 Å². The quantitative estimate of drug-likeness (QED) is 0.719. The van der Waals surface area contributed by atoms with Crippen LogP contribution in [0.25, 0.3) is 0 Å². The van der Waals surface area contributed by atoms with Gasteiger partial charge in [0.25, 0.3) is 0 Å². The summed E-state index contributed by atoms with van der Waals surface area (Å²) in [6, 6.07) is 6.89. The van der Waals surface area contributed by atoms with Gasteiger partial charge in [-0.3, -0.25) is 4.79 Å². The maximum absolute atomic E-state index is 11.1. The Labute approximate surface area is 130 Å². The predicted molar refractivity (Wildman–Crippen MR) is 83.9 cm³/mol. The number of hydrogen-bond donors (Lipinski definition) is 3. The van der Waals surface area contributed by atoms with Crippen LogP contribution in [0.2, 0.25) is 0 Å². The standard InChI is InChI=1S/C16H24N2O4/c1-16(2,3)22-12-9-7-11(8-10-12)5-4-6-13(14(17)19)18-15(20)21/h7-10,13,18H,4-6H2,1-3H3,(H2,17,19)(H,20,21)/t13-/m1/s1. The number of rotatable bonds is 7. The first-order valence-electron chi connectivity index (χ1n) is 7.24. The first-order chi connectivity index (χ1) is 10.2. The van der Waals surface area contributed by atoms with Crippen molar-refractivity contribution in [3.05, 3.63) is 29.8 Å². The highest BCUT2D eigenvalue weighted by atomic mass is 16.5. The Hall–Kier alpha value is -2.24. The molecule has 0 radical (unpaired) electrons. The Morgan fingerprint density at radius 2 is 1.86 bits per heavy atom. The summed E-state index contributed by atoms with van der Waals surface area (Å²) in [7, 11) is 0. The lowest BCUT2D eigenvalue weighted by atomic mass is 10.0. The second-order valence-electron chi connectivity index (χ2n) is 6.16. The average molecular weight is 308 g/mol. The molecule has 0 aliphatic carbocycles. The van der Waals surface area contributed by atoms with Gasteiger partial charge in [-0.05, 0) is 57.7 Å². The summed E-state index contributed by atoms with van der Waals surface area (Å²) in [5.41, 5.74) is 6.02. The summed E-state index contributed by atoms with van der Waals surface area (Å²) in [5, 5.41) is 10.8. The van der Waals surface area contributed by atoms with Gasteiger partial charge >= 0.3 is 6.09 Å². The Morgan fingerprint density at radius 3 is 2.32 bits per heavy atom. The molecular weight excluding hydrogens is 284 g/mol. The number of amides is 2. The van der Waals surface area contributed by atoms with Crippen LogP contribution in [0.4, 0.5) is 4.79 Å². The molecule has 0 saturated heterocycles. The maximum Gasteiger partial charge on any atom is 0.405 e. The Bertz CT molecular complexity index is 506. The van der Waals surface area contributed by atoms with Gasteiger partial charge in [0, 0.05) is 0 Å². The Balaban J connectivity index is 2.47. The first-order valence-corrected chi connectivity index (χ1v) is 7.24. The van der Waals surface area contributed by atoms with Crippen molar-refractivity contribution < 1.29 is 19.4 Å². The third kappa shape index (κ3) is 6.97. The number of hydrogen-bond acceptors (Lipinski definition) is 3. The van der Waals surface area contributed by atoms with Crippen molar-refractivity contribution in [2.75, 3.05) is 0 Å². The van der Waals surface area contributed by atoms with E-state index >= 15 is 0 Å². The lowest BCUT2D eigenvalue weighted by molar-refractivity contribution is -0.120. The maximum atomic E-state index is 11.1. The molecule has 0 fully saturated rings. The van der Waals surface area contributed by atoms with Gasteiger partial charge in [-0.15, -0.1) is 0 Å². The van der Waals surface area contributed by atoms with E-state index in [2.05, 4.69) is 5.32 Å². The van der Waals surface area contributed by atoms with Crippen molar-refractivity contribution in [2.45, 2.75) is 51.7 Å². The SMILES string of the molecule is CC(C)(C)Oc1ccc(CCC[C@@H](NC(=O)O)C(N)=O)cc1. The number of aryl methyl sites for hydroxylation is 1. The number of ether oxygens (including phenoxy) is 1. The van der Waals surface area contributed by atoms with Crippen molar-refractivity contribution in [3.63, 3.8) is 0 Å². The molecule has 6 heteroatoms. The number of benzene rings is 1. The molecule has 0 saturated carbocycles. The third-order valence-corrected chi connectivity index (χ3v) is 2.95. The van der Waals surface area contributed by atoms with E-state index in [0.717, 1.165) is 17.7 Å². The molecule has 0 spiro atoms. The van der Waals surface area contributed by atoms with Gasteiger partial charge < -0.3 is 20.9 Å². The zero-order chi connectivity index (χ0) is 16.8. The first kappa shape index (κ1) is 17.8. The minimum absolute atomic E-state index is 0.237. The highest BCUT2D eigenvalue weighted by molar-refractivity contribution is 5.83. The molecule has 22 heavy (non-hydrogen) atoms. The summed E-state index contributed by atoms with van der Waals surface area (Å²) in [6.45, 7) is 5.96. The van der Waals surface area contributed by atoms with Crippen LogP contribution in [-0.4, -0.2) is 28.7 Å². The number of primary amides is 1. The van der Waals surface area contributed by atoms with E-state index in [1.807, 2.05) is 45.0 Å². The van der Waals surface area contributed by atoms with E-state index < -0.39 is 18.0 Å². The monoisotopic (exact) mass is 308 g/mol. The van der Waals surface area contributed by atoms with E-state index in [9.17, 15) is 9.59 Å². The molecule has 1 aromatic rings. The topological polar surface area (TPSA) is 102 Å². The van der Waals surface area contributed by atoms with Crippen LogP contribution in [0.15, 0.2) is 24.3 Å². The molecule has 1 rings (SSSR count). The minimum Gasteiger partial charge on any atom is -0.488 e. The molecule has 0 aromatic heterocycles. The molecule has 0 heterocycles. The number of nitrogens with one attached hydrogen (secondary N) is 1. The number of carboxylic acid groups (broad SMARTS) is 1. The molecule has 0 unspecified atom stereocenters. The van der Waals surface area contributed by atoms with Crippen molar-refractivity contribution in [1.29, 1.82) is 0 Å². The van der Waals surface area contributed by atoms with Gasteiger partial charge in [0.05, 0.1) is 0 Å². The summed E-state index contributed by atoms with van der Waals surface area (Å²) in [6.07, 6.45) is 0.531. The third-order valence-electron chi connectivity index (χ3n) is 2.95. The fourth-order valence-electron chi connectivity index (χ4n) is 2.02. The van der Waals surface area contributed by atoms with Gasteiger partial charge in [0.1, 0.15) is 17.4 Å². The predicted octanol–water partition coefficient (Wildman–Crippen LogP) is 2.31. The van der Waals surface area contributed by atoms with Gasteiger partial charge in [-0.2, -0.15) is 0 Å². The van der Waals surface area contributed by atoms with Gasteiger partial charge in [0.2, 0.25) is 5.91 Å². The molecule has 4 N–H and O–H groups in total. The number of carbonyl (C=O) groups excluding carboxylic acids is 1. The second-order valence-corrected chi connectivity index (χ2v) is 6.16. The molecular formula is C16H24N2O4. The number of nitrogens with two attached hydrogens (primary N) is 1. The molecule has 6 nitrogen and oxygen atoms in total. The summed E-state index contributed by atoms with van der Waals surface area (Å²) in [5.74, 6) is 0.148. The van der Waals surface area contributed by atoms with Crippen LogP contribution in [0.1, 0.15) is 39.2 Å². The zero-order valence-corrected chi connectivity index (χ0v) is 13.3. The van der Waals surface area contributed by atoms with E-state index in [0.29, 0.717) is 12.8 Å². The van der Waals surface area contributed by atoms with E-state index in [4.69, 9.17) is 15.6 Å². The summed E-state index contributed by atoms with van der Waals surface area (Å²) >= 11 is 0. The van der Waals surface area contributed by atoms with Crippen molar-refractivity contribution >= 4 is 12.0 Å². The van der Waals surface area contributed by atoms with E-state index in [1.54, 1.807) is 0 Å². The van der Waals surface area contributed by atoms with Crippen LogP contribution in [0.3, 0.4) is 0 Å². The number of carbonyl (C=O) groups is 2. The second kappa shape index (κ2) is 7.68. The molecule has 2 amide bonds. The highest BCUT2D eigenvalue weighted by Crippen LogP contribution is 2.19. The van der Waals surface area contributed by atoms with Crippen molar-refractivity contribution in [3.8, 4) is 5.75 Å². The van der Waals surface area contributed by atoms with Crippen LogP contribution in [0, 0.1) is 0 Å². The summed E-state index contributed by atoms with van der Waals surface area (Å²) < 4.78 is 5.74. The molecule has 1 aromatic carbocycles. The lowest BCUT2D eigenvalue weighted by Gasteiger charge is -2.21. The van der Waals surface area contributed by atoms with Gasteiger partial charge in [-0.25, -0.2) is 4.79 Å². The molecule has 122 valence electrons. The Kier molecular flexibility index (Phi) is 6.22. The molecule has 0 aliphatic rings. The zero-order valence-electron chi connectivity index (χ0n) is 13.3. The van der Waals surface area contributed by atoms with Crippen LogP contribution < -0.4 is 15.8 Å². The minimum atomic E-state index is -1.24. The fourth-order valence-corrected chi connectivity index (χ4v) is 2.02. The molecule has 0 bridgehead atoms. The average Bonchev–Trinajstić information content (AvgIpc) is 2.37. The molecule has 0 aliphatic heterocycles.